The fraction of sp³-hybridized carbons (Fsp3) is 0. The molecule has 1 N–H and O–H groups in total. The van der Waals surface area contributed by atoms with E-state index < -0.39 is 5.82 Å². The van der Waals surface area contributed by atoms with Gasteiger partial charge in [0, 0.05) is 11.5 Å². The molecule has 0 aliphatic rings. The fourth-order valence-electron chi connectivity index (χ4n) is 1.86. The summed E-state index contributed by atoms with van der Waals surface area (Å²) in [6.45, 7) is 0. The van der Waals surface area contributed by atoms with Crippen molar-refractivity contribution < 1.29 is 13.9 Å². The number of rotatable bonds is 1. The van der Waals surface area contributed by atoms with Gasteiger partial charge in [0.1, 0.15) is 17.3 Å². The lowest BCUT2D eigenvalue weighted by atomic mass is 10.1. The van der Waals surface area contributed by atoms with Gasteiger partial charge in [0.25, 0.3) is 0 Å². The Morgan fingerprint density at radius 1 is 1.11 bits per heavy atom. The van der Waals surface area contributed by atoms with Crippen LogP contribution in [0.5, 0.6) is 5.75 Å². The maximum Gasteiger partial charge on any atom is 0.153 e. The van der Waals surface area contributed by atoms with E-state index in [2.05, 4.69) is 0 Å². The lowest BCUT2D eigenvalue weighted by Crippen LogP contribution is -1.80. The van der Waals surface area contributed by atoms with E-state index in [9.17, 15) is 9.50 Å². The summed E-state index contributed by atoms with van der Waals surface area (Å²) in [5.41, 5.74) is 0.821. The van der Waals surface area contributed by atoms with Crippen molar-refractivity contribution in [2.45, 2.75) is 0 Å². The van der Waals surface area contributed by atoms with Crippen molar-refractivity contribution in [2.24, 2.45) is 0 Å². The number of furan rings is 1. The number of hydrogen-bond acceptors (Lipinski definition) is 2. The van der Waals surface area contributed by atoms with E-state index in [1.807, 2.05) is 6.07 Å². The number of fused-ring (bicyclic) bond motifs is 1. The van der Waals surface area contributed by atoms with Crippen LogP contribution >= 0.6 is 11.6 Å². The highest BCUT2D eigenvalue weighted by molar-refractivity contribution is 6.34. The van der Waals surface area contributed by atoms with Crippen LogP contribution < -0.4 is 0 Å². The quantitative estimate of drug-likeness (QED) is 0.695. The summed E-state index contributed by atoms with van der Waals surface area (Å²) in [5, 5.41) is 10.5. The van der Waals surface area contributed by atoms with E-state index in [0.717, 1.165) is 11.5 Å². The van der Waals surface area contributed by atoms with Crippen molar-refractivity contribution in [3.05, 3.63) is 53.3 Å². The third kappa shape index (κ3) is 1.73. The van der Waals surface area contributed by atoms with E-state index in [4.69, 9.17) is 16.0 Å². The van der Waals surface area contributed by atoms with Crippen molar-refractivity contribution in [1.82, 2.24) is 0 Å². The first-order valence-electron chi connectivity index (χ1n) is 5.32. The molecule has 0 saturated carbocycles. The highest BCUT2D eigenvalue weighted by Crippen LogP contribution is 2.33. The van der Waals surface area contributed by atoms with Crippen LogP contribution in [0.3, 0.4) is 0 Å². The lowest BCUT2D eigenvalue weighted by Gasteiger charge is -1.99. The summed E-state index contributed by atoms with van der Waals surface area (Å²) in [6.07, 6.45) is 0. The van der Waals surface area contributed by atoms with Gasteiger partial charge in [-0.05, 0) is 24.3 Å². The molecule has 0 fully saturated rings. The second kappa shape index (κ2) is 4.03. The van der Waals surface area contributed by atoms with E-state index in [0.29, 0.717) is 21.9 Å². The van der Waals surface area contributed by atoms with Crippen LogP contribution in [0.2, 0.25) is 5.02 Å². The molecule has 2 aromatic carbocycles. The number of hydrogen-bond donors (Lipinski definition) is 1. The minimum absolute atomic E-state index is 0.120. The molecular formula is C14H8ClFO2. The largest absolute Gasteiger partial charge is 0.508 e. The zero-order valence-electron chi connectivity index (χ0n) is 9.15. The van der Waals surface area contributed by atoms with Gasteiger partial charge in [0.2, 0.25) is 0 Å². The molecule has 90 valence electrons. The molecule has 0 spiro atoms. The van der Waals surface area contributed by atoms with Gasteiger partial charge < -0.3 is 9.52 Å². The minimum atomic E-state index is -0.537. The van der Waals surface area contributed by atoms with Crippen LogP contribution in [-0.2, 0) is 0 Å². The predicted molar refractivity (Wildman–Crippen MR) is 68.3 cm³/mol. The molecule has 18 heavy (non-hydrogen) atoms. The zero-order chi connectivity index (χ0) is 12.7. The van der Waals surface area contributed by atoms with Crippen LogP contribution in [0.1, 0.15) is 0 Å². The van der Waals surface area contributed by atoms with E-state index in [1.54, 1.807) is 18.2 Å². The number of aromatic hydroxyl groups is 1. The molecule has 0 bridgehead atoms. The summed E-state index contributed by atoms with van der Waals surface area (Å²) >= 11 is 6.00. The highest BCUT2D eigenvalue weighted by atomic mass is 35.5. The Kier molecular flexibility index (Phi) is 2.49. The summed E-state index contributed by atoms with van der Waals surface area (Å²) in [4.78, 5) is 0. The summed E-state index contributed by atoms with van der Waals surface area (Å²) < 4.78 is 19.3. The van der Waals surface area contributed by atoms with E-state index in [1.165, 1.54) is 12.1 Å². The molecule has 4 heteroatoms. The molecule has 0 aliphatic heterocycles. The molecule has 0 radical (unpaired) electrons. The molecule has 0 atom stereocenters. The van der Waals surface area contributed by atoms with Crippen molar-refractivity contribution in [3.63, 3.8) is 0 Å². The molecule has 2 nitrogen and oxygen atoms in total. The molecule has 0 unspecified atom stereocenters. The Hall–Kier alpha value is -2.00. The van der Waals surface area contributed by atoms with Gasteiger partial charge in [-0.1, -0.05) is 23.7 Å². The predicted octanol–water partition coefficient (Wildman–Crippen LogP) is 4.60. The van der Waals surface area contributed by atoms with Gasteiger partial charge in [-0.25, -0.2) is 4.39 Å². The first kappa shape index (κ1) is 11.1. The maximum atomic E-state index is 13.7. The Bertz CT molecular complexity index is 734. The average molecular weight is 263 g/mol. The molecule has 3 aromatic rings. The fourth-order valence-corrected chi connectivity index (χ4v) is 2.08. The third-order valence-corrected chi connectivity index (χ3v) is 3.01. The Morgan fingerprint density at radius 2 is 1.94 bits per heavy atom. The number of phenols is 1. The third-order valence-electron chi connectivity index (χ3n) is 2.71. The van der Waals surface area contributed by atoms with Gasteiger partial charge in [-0.3, -0.25) is 0 Å². The Balaban J connectivity index is 2.23. The Morgan fingerprint density at radius 3 is 2.67 bits per heavy atom. The standard InChI is InChI=1S/C14H8ClFO2/c15-11-3-1-2-8-6-13(18-14(8)11)10-5-4-9(17)7-12(10)16/h1-7,17H. The maximum absolute atomic E-state index is 13.7. The number of halogens is 2. The van der Waals surface area contributed by atoms with Crippen LogP contribution in [-0.4, -0.2) is 5.11 Å². The minimum Gasteiger partial charge on any atom is -0.508 e. The summed E-state index contributed by atoms with van der Waals surface area (Å²) in [7, 11) is 0. The van der Waals surface area contributed by atoms with Crippen LogP contribution in [0.4, 0.5) is 4.39 Å². The SMILES string of the molecule is Oc1ccc(-c2cc3cccc(Cl)c3o2)c(F)c1. The van der Waals surface area contributed by atoms with Crippen LogP contribution in [0.15, 0.2) is 46.9 Å². The molecule has 3 rings (SSSR count). The molecule has 0 amide bonds. The molecular weight excluding hydrogens is 255 g/mol. The normalized spacial score (nSPS) is 11.0. The highest BCUT2D eigenvalue weighted by Gasteiger charge is 2.12. The van der Waals surface area contributed by atoms with Crippen LogP contribution in [0.25, 0.3) is 22.3 Å². The van der Waals surface area contributed by atoms with Crippen molar-refractivity contribution in [2.75, 3.05) is 0 Å². The average Bonchev–Trinajstić information content (AvgIpc) is 2.74. The van der Waals surface area contributed by atoms with E-state index >= 15 is 0 Å². The van der Waals surface area contributed by atoms with Gasteiger partial charge in [-0.2, -0.15) is 0 Å². The van der Waals surface area contributed by atoms with Crippen molar-refractivity contribution >= 4 is 22.6 Å². The molecule has 1 aromatic heterocycles. The zero-order valence-corrected chi connectivity index (χ0v) is 9.91. The van der Waals surface area contributed by atoms with Gasteiger partial charge >= 0.3 is 0 Å². The van der Waals surface area contributed by atoms with Crippen LogP contribution in [0, 0.1) is 5.82 Å². The van der Waals surface area contributed by atoms with E-state index in [-0.39, 0.29) is 5.75 Å². The monoisotopic (exact) mass is 262 g/mol. The van der Waals surface area contributed by atoms with Gasteiger partial charge in [0.15, 0.2) is 5.58 Å². The second-order valence-electron chi connectivity index (χ2n) is 3.93. The van der Waals surface area contributed by atoms with Crippen molar-refractivity contribution in [1.29, 1.82) is 0 Å². The number of phenolic OH excluding ortho intramolecular Hbond substituents is 1. The van der Waals surface area contributed by atoms with Crippen molar-refractivity contribution in [3.8, 4) is 17.1 Å². The topological polar surface area (TPSA) is 33.4 Å². The first-order valence-corrected chi connectivity index (χ1v) is 5.70. The first-order chi connectivity index (χ1) is 8.65. The Labute approximate surface area is 107 Å². The van der Waals surface area contributed by atoms with Gasteiger partial charge in [0.05, 0.1) is 10.6 Å². The van der Waals surface area contributed by atoms with Gasteiger partial charge in [-0.15, -0.1) is 0 Å². The summed E-state index contributed by atoms with van der Waals surface area (Å²) in [5.74, 6) is -0.272. The number of benzene rings is 2. The number of para-hydroxylation sites is 1. The molecule has 1 heterocycles. The smallest absolute Gasteiger partial charge is 0.153 e. The molecule has 0 aliphatic carbocycles. The lowest BCUT2D eigenvalue weighted by molar-refractivity contribution is 0.469. The summed E-state index contributed by atoms with van der Waals surface area (Å²) in [6, 6.07) is 11.0. The molecule has 0 saturated heterocycles. The second-order valence-corrected chi connectivity index (χ2v) is 4.34.